The summed E-state index contributed by atoms with van der Waals surface area (Å²) in [5.74, 6) is -0.269. The van der Waals surface area contributed by atoms with E-state index in [1.165, 1.54) is 16.7 Å². The minimum absolute atomic E-state index is 0.0778. The molecule has 1 atom stereocenters. The van der Waals surface area contributed by atoms with Crippen molar-refractivity contribution in [1.82, 2.24) is 14.9 Å². The molecule has 3 N–H and O–H groups in total. The number of carbonyl (C=O) groups excluding carboxylic acids is 1. The molecule has 3 rings (SSSR count). The highest BCUT2D eigenvalue weighted by atomic mass is 19.1. The number of aromatic nitrogens is 2. The van der Waals surface area contributed by atoms with Gasteiger partial charge in [0.05, 0.1) is 17.4 Å². The van der Waals surface area contributed by atoms with Crippen LogP contribution in [0.15, 0.2) is 53.3 Å². The third-order valence-corrected chi connectivity index (χ3v) is 4.63. The Kier molecular flexibility index (Phi) is 5.84. The number of hydrogen-bond donors (Lipinski definition) is 2. The summed E-state index contributed by atoms with van der Waals surface area (Å²) < 4.78 is 14.6. The van der Waals surface area contributed by atoms with Crippen LogP contribution in [0.1, 0.15) is 31.3 Å². The first-order chi connectivity index (χ1) is 13.4. The van der Waals surface area contributed by atoms with Crippen molar-refractivity contribution in [3.05, 3.63) is 76.1 Å². The van der Waals surface area contributed by atoms with Crippen LogP contribution in [0.2, 0.25) is 0 Å². The first-order valence-electron chi connectivity index (χ1n) is 9.12. The number of nitrogens with one attached hydrogen (secondary N) is 1. The van der Waals surface area contributed by atoms with Crippen molar-refractivity contribution < 1.29 is 9.18 Å². The van der Waals surface area contributed by atoms with E-state index in [1.54, 1.807) is 36.4 Å². The van der Waals surface area contributed by atoms with Gasteiger partial charge in [0.2, 0.25) is 5.91 Å². The summed E-state index contributed by atoms with van der Waals surface area (Å²) in [5, 5.41) is 3.82. The molecule has 146 valence electrons. The lowest BCUT2D eigenvalue weighted by atomic mass is 9.96. The van der Waals surface area contributed by atoms with Crippen molar-refractivity contribution in [3.8, 4) is 0 Å². The normalized spacial score (nSPS) is 12.4. The number of nitrogens with zero attached hydrogens (tertiary/aromatic N) is 2. The standard InChI is InChI=1S/C21H23FN4O2/c1-13(2)20(14-7-9-15(22)10-8-14)24-11-19-25-17-6-4-3-5-16(17)21(28)26(19)12-18(23)27/h3-10,13,20,24H,11-12H2,1-2H3,(H2,23,27)/t20-/m0/s1. The van der Waals surface area contributed by atoms with Gasteiger partial charge in [-0.1, -0.05) is 38.1 Å². The van der Waals surface area contributed by atoms with E-state index in [-0.39, 0.29) is 36.4 Å². The number of benzene rings is 2. The van der Waals surface area contributed by atoms with Crippen molar-refractivity contribution >= 4 is 16.8 Å². The Balaban J connectivity index is 1.96. The van der Waals surface area contributed by atoms with E-state index >= 15 is 0 Å². The highest BCUT2D eigenvalue weighted by Gasteiger charge is 2.18. The molecule has 3 aromatic rings. The van der Waals surface area contributed by atoms with E-state index in [2.05, 4.69) is 10.3 Å². The second kappa shape index (κ2) is 8.31. The van der Waals surface area contributed by atoms with Crippen LogP contribution < -0.4 is 16.6 Å². The van der Waals surface area contributed by atoms with Crippen LogP contribution in [0.4, 0.5) is 4.39 Å². The Bertz CT molecular complexity index is 1040. The predicted molar refractivity (Wildman–Crippen MR) is 106 cm³/mol. The summed E-state index contributed by atoms with van der Waals surface area (Å²) in [6.45, 7) is 4.11. The van der Waals surface area contributed by atoms with Crippen LogP contribution in [0.3, 0.4) is 0 Å². The number of primary amides is 1. The van der Waals surface area contributed by atoms with Gasteiger partial charge in [-0.15, -0.1) is 0 Å². The Morgan fingerprint density at radius 1 is 1.18 bits per heavy atom. The van der Waals surface area contributed by atoms with Crippen LogP contribution in [-0.4, -0.2) is 15.5 Å². The van der Waals surface area contributed by atoms with Gasteiger partial charge in [-0.05, 0) is 35.7 Å². The third kappa shape index (κ3) is 4.26. The molecule has 7 heteroatoms. The fraction of sp³-hybridized carbons (Fsp3) is 0.286. The molecule has 0 radical (unpaired) electrons. The predicted octanol–water partition coefficient (Wildman–Crippen LogP) is 2.51. The highest BCUT2D eigenvalue weighted by Crippen LogP contribution is 2.22. The molecule has 1 heterocycles. The van der Waals surface area contributed by atoms with Gasteiger partial charge in [-0.3, -0.25) is 14.2 Å². The van der Waals surface area contributed by atoms with Gasteiger partial charge >= 0.3 is 0 Å². The fourth-order valence-electron chi connectivity index (χ4n) is 3.28. The molecule has 1 amide bonds. The number of para-hydroxylation sites is 1. The molecule has 6 nitrogen and oxygen atoms in total. The van der Waals surface area contributed by atoms with Gasteiger partial charge in [0.15, 0.2) is 0 Å². The van der Waals surface area contributed by atoms with Crippen molar-refractivity contribution in [1.29, 1.82) is 0 Å². The van der Waals surface area contributed by atoms with Crippen LogP contribution in [0, 0.1) is 11.7 Å². The molecule has 0 aliphatic heterocycles. The van der Waals surface area contributed by atoms with Crippen molar-refractivity contribution in [2.24, 2.45) is 11.7 Å². The fourth-order valence-corrected chi connectivity index (χ4v) is 3.28. The van der Waals surface area contributed by atoms with Gasteiger partial charge in [-0.2, -0.15) is 0 Å². The minimum atomic E-state index is -0.612. The number of fused-ring (bicyclic) bond motifs is 1. The zero-order valence-corrected chi connectivity index (χ0v) is 15.9. The lowest BCUT2D eigenvalue weighted by Gasteiger charge is -2.24. The third-order valence-electron chi connectivity index (χ3n) is 4.63. The second-order valence-corrected chi connectivity index (χ2v) is 7.06. The van der Waals surface area contributed by atoms with E-state index in [0.29, 0.717) is 16.7 Å². The second-order valence-electron chi connectivity index (χ2n) is 7.06. The molecular formula is C21H23FN4O2. The number of rotatable bonds is 7. The van der Waals surface area contributed by atoms with Gasteiger partial charge in [0.25, 0.3) is 5.56 Å². The summed E-state index contributed by atoms with van der Waals surface area (Å²) in [4.78, 5) is 28.9. The van der Waals surface area contributed by atoms with Crippen molar-refractivity contribution in [2.45, 2.75) is 33.0 Å². The van der Waals surface area contributed by atoms with Gasteiger partial charge in [0, 0.05) is 6.04 Å². The highest BCUT2D eigenvalue weighted by molar-refractivity contribution is 5.78. The number of amides is 1. The van der Waals surface area contributed by atoms with Crippen LogP contribution >= 0.6 is 0 Å². The van der Waals surface area contributed by atoms with Gasteiger partial charge in [-0.25, -0.2) is 9.37 Å². The number of halogens is 1. The summed E-state index contributed by atoms with van der Waals surface area (Å²) in [5.41, 5.74) is 6.53. The molecule has 0 saturated carbocycles. The molecule has 0 spiro atoms. The lowest BCUT2D eigenvalue weighted by molar-refractivity contribution is -0.118. The summed E-state index contributed by atoms with van der Waals surface area (Å²) in [7, 11) is 0. The average Bonchev–Trinajstić information content (AvgIpc) is 2.65. The number of nitrogens with two attached hydrogens (primary N) is 1. The molecule has 2 aromatic carbocycles. The molecule has 1 aromatic heterocycles. The molecule has 28 heavy (non-hydrogen) atoms. The zero-order chi connectivity index (χ0) is 20.3. The Hall–Kier alpha value is -3.06. The molecule has 0 bridgehead atoms. The van der Waals surface area contributed by atoms with Gasteiger partial charge in [0.1, 0.15) is 18.2 Å². The molecule has 0 saturated heterocycles. The molecule has 0 aliphatic rings. The smallest absolute Gasteiger partial charge is 0.261 e. The monoisotopic (exact) mass is 382 g/mol. The first kappa shape index (κ1) is 19.7. The zero-order valence-electron chi connectivity index (χ0n) is 15.9. The van der Waals surface area contributed by atoms with Crippen molar-refractivity contribution in [2.75, 3.05) is 0 Å². The van der Waals surface area contributed by atoms with E-state index in [9.17, 15) is 14.0 Å². The summed E-state index contributed by atoms with van der Waals surface area (Å²) in [6, 6.07) is 13.2. The topological polar surface area (TPSA) is 90.0 Å². The quantitative estimate of drug-likeness (QED) is 0.657. The largest absolute Gasteiger partial charge is 0.368 e. The Morgan fingerprint density at radius 3 is 2.50 bits per heavy atom. The maximum Gasteiger partial charge on any atom is 0.261 e. The van der Waals surface area contributed by atoms with Crippen molar-refractivity contribution in [3.63, 3.8) is 0 Å². The maximum absolute atomic E-state index is 13.3. The van der Waals surface area contributed by atoms with E-state index < -0.39 is 5.91 Å². The van der Waals surface area contributed by atoms with E-state index in [4.69, 9.17) is 5.73 Å². The van der Waals surface area contributed by atoms with Crippen LogP contribution in [-0.2, 0) is 17.9 Å². The molecule has 0 unspecified atom stereocenters. The summed E-state index contributed by atoms with van der Waals surface area (Å²) in [6.07, 6.45) is 0. The number of carbonyl (C=O) groups is 1. The molecule has 0 fully saturated rings. The van der Waals surface area contributed by atoms with E-state index in [1.807, 2.05) is 13.8 Å². The van der Waals surface area contributed by atoms with Crippen LogP contribution in [0.5, 0.6) is 0 Å². The maximum atomic E-state index is 13.3. The molecular weight excluding hydrogens is 359 g/mol. The van der Waals surface area contributed by atoms with Crippen LogP contribution in [0.25, 0.3) is 10.9 Å². The van der Waals surface area contributed by atoms with Gasteiger partial charge < -0.3 is 11.1 Å². The Labute approximate surface area is 162 Å². The number of hydrogen-bond acceptors (Lipinski definition) is 4. The Morgan fingerprint density at radius 2 is 1.86 bits per heavy atom. The molecule has 0 aliphatic carbocycles. The average molecular weight is 382 g/mol. The van der Waals surface area contributed by atoms with E-state index in [0.717, 1.165) is 5.56 Å². The summed E-state index contributed by atoms with van der Waals surface area (Å²) >= 11 is 0. The minimum Gasteiger partial charge on any atom is -0.368 e. The first-order valence-corrected chi connectivity index (χ1v) is 9.12. The lowest BCUT2D eigenvalue weighted by Crippen LogP contribution is -2.34. The SMILES string of the molecule is CC(C)[C@H](NCc1nc2ccccc2c(=O)n1CC(N)=O)c1ccc(F)cc1.